The Balaban J connectivity index is 2.18. The van der Waals surface area contributed by atoms with Crippen LogP contribution in [0.2, 0.25) is 0 Å². The van der Waals surface area contributed by atoms with Crippen molar-refractivity contribution in [3.8, 4) is 0 Å². The summed E-state index contributed by atoms with van der Waals surface area (Å²) >= 11 is 0. The Hall–Kier alpha value is -1.30. The first kappa shape index (κ1) is 8.31. The first-order valence-corrected chi connectivity index (χ1v) is 4.85. The van der Waals surface area contributed by atoms with Crippen molar-refractivity contribution in [3.05, 3.63) is 60.2 Å². The van der Waals surface area contributed by atoms with Crippen LogP contribution in [0, 0.1) is 0 Å². The summed E-state index contributed by atoms with van der Waals surface area (Å²) < 4.78 is 0. The molecule has 0 nitrogen and oxygen atoms in total. The third-order valence-electron chi connectivity index (χ3n) is 2.46. The van der Waals surface area contributed by atoms with Crippen molar-refractivity contribution in [1.82, 2.24) is 0 Å². The molecule has 0 aromatic heterocycles. The minimum absolute atomic E-state index is 0.608. The summed E-state index contributed by atoms with van der Waals surface area (Å²) in [6.45, 7) is 0. The van der Waals surface area contributed by atoms with Crippen molar-refractivity contribution < 1.29 is 0 Å². The Bertz CT molecular complexity index is 306. The van der Waals surface area contributed by atoms with Crippen LogP contribution in [0.5, 0.6) is 0 Å². The zero-order chi connectivity index (χ0) is 8.93. The third kappa shape index (κ3) is 2.09. The number of benzene rings is 1. The maximum absolute atomic E-state index is 2.29. The van der Waals surface area contributed by atoms with Gasteiger partial charge in [0.25, 0.3) is 0 Å². The molecule has 0 radical (unpaired) electrons. The standard InChI is InChI=1S/C13H14/c1-2-5-9-12(8-4-1)13-10-6-3-7-11-13/h1-4,6-8,10-12H,5,9H2/t12-/m0/s1. The minimum Gasteiger partial charge on any atom is -0.0845 e. The van der Waals surface area contributed by atoms with Crippen molar-refractivity contribution in [2.75, 3.05) is 0 Å². The second kappa shape index (κ2) is 4.08. The molecule has 1 atom stereocenters. The van der Waals surface area contributed by atoms with Crippen LogP contribution in [0.3, 0.4) is 0 Å². The fourth-order valence-electron chi connectivity index (χ4n) is 1.72. The van der Waals surface area contributed by atoms with E-state index in [0.29, 0.717) is 5.92 Å². The molecule has 0 saturated carbocycles. The summed E-state index contributed by atoms with van der Waals surface area (Å²) in [6.07, 6.45) is 11.2. The van der Waals surface area contributed by atoms with Gasteiger partial charge in [-0.2, -0.15) is 0 Å². The van der Waals surface area contributed by atoms with Gasteiger partial charge < -0.3 is 0 Å². The molecule has 0 fully saturated rings. The second-order valence-corrected chi connectivity index (χ2v) is 3.41. The summed E-state index contributed by atoms with van der Waals surface area (Å²) in [5.41, 5.74) is 1.43. The molecule has 0 unspecified atom stereocenters. The molecule has 0 N–H and O–H groups in total. The molecule has 0 aliphatic heterocycles. The predicted octanol–water partition coefficient (Wildman–Crippen LogP) is 3.68. The van der Waals surface area contributed by atoms with Gasteiger partial charge in [0.1, 0.15) is 0 Å². The fourth-order valence-corrected chi connectivity index (χ4v) is 1.72. The normalized spacial score (nSPS) is 21.4. The van der Waals surface area contributed by atoms with Crippen LogP contribution in [0.25, 0.3) is 0 Å². The highest BCUT2D eigenvalue weighted by Crippen LogP contribution is 2.24. The van der Waals surface area contributed by atoms with Crippen LogP contribution in [-0.4, -0.2) is 0 Å². The summed E-state index contributed by atoms with van der Waals surface area (Å²) in [6, 6.07) is 10.7. The molecule has 13 heavy (non-hydrogen) atoms. The number of hydrogen-bond donors (Lipinski definition) is 0. The molecule has 1 aliphatic carbocycles. The van der Waals surface area contributed by atoms with Crippen molar-refractivity contribution in [3.63, 3.8) is 0 Å². The van der Waals surface area contributed by atoms with E-state index in [2.05, 4.69) is 54.6 Å². The van der Waals surface area contributed by atoms with Crippen LogP contribution in [0.1, 0.15) is 24.3 Å². The van der Waals surface area contributed by atoms with Crippen molar-refractivity contribution in [1.29, 1.82) is 0 Å². The molecule has 1 aromatic carbocycles. The van der Waals surface area contributed by atoms with Gasteiger partial charge in [-0.25, -0.2) is 0 Å². The van der Waals surface area contributed by atoms with E-state index < -0.39 is 0 Å². The van der Waals surface area contributed by atoms with Crippen LogP contribution < -0.4 is 0 Å². The number of hydrogen-bond acceptors (Lipinski definition) is 0. The van der Waals surface area contributed by atoms with Gasteiger partial charge in [0.2, 0.25) is 0 Å². The smallest absolute Gasteiger partial charge is 0.00240 e. The van der Waals surface area contributed by atoms with Gasteiger partial charge in [-0.1, -0.05) is 54.6 Å². The van der Waals surface area contributed by atoms with Gasteiger partial charge in [0.05, 0.1) is 0 Å². The summed E-state index contributed by atoms with van der Waals surface area (Å²) in [7, 11) is 0. The topological polar surface area (TPSA) is 0 Å². The lowest BCUT2D eigenvalue weighted by atomic mass is 9.95. The molecule has 0 spiro atoms. The van der Waals surface area contributed by atoms with E-state index in [9.17, 15) is 0 Å². The lowest BCUT2D eigenvalue weighted by Crippen LogP contribution is -1.92. The van der Waals surface area contributed by atoms with E-state index in [1.54, 1.807) is 0 Å². The van der Waals surface area contributed by atoms with Crippen molar-refractivity contribution in [2.45, 2.75) is 18.8 Å². The van der Waals surface area contributed by atoms with Gasteiger partial charge in [0, 0.05) is 5.92 Å². The SMILES string of the molecule is C1=CCC[C@@H](c2ccccc2)C=C1. The number of allylic oxidation sites excluding steroid dienone is 4. The Morgan fingerprint density at radius 2 is 1.85 bits per heavy atom. The van der Waals surface area contributed by atoms with Gasteiger partial charge in [-0.3, -0.25) is 0 Å². The highest BCUT2D eigenvalue weighted by atomic mass is 14.1. The lowest BCUT2D eigenvalue weighted by molar-refractivity contribution is 0.756. The average molecular weight is 170 g/mol. The number of rotatable bonds is 1. The lowest BCUT2D eigenvalue weighted by Gasteiger charge is -2.10. The van der Waals surface area contributed by atoms with Gasteiger partial charge >= 0.3 is 0 Å². The highest BCUT2D eigenvalue weighted by Gasteiger charge is 2.06. The first-order chi connectivity index (χ1) is 6.47. The average Bonchev–Trinajstić information content (AvgIpc) is 2.47. The highest BCUT2D eigenvalue weighted by molar-refractivity contribution is 5.26. The Morgan fingerprint density at radius 1 is 1.00 bits per heavy atom. The van der Waals surface area contributed by atoms with E-state index in [1.807, 2.05) is 0 Å². The van der Waals surface area contributed by atoms with E-state index in [0.717, 1.165) is 0 Å². The zero-order valence-corrected chi connectivity index (χ0v) is 7.69. The van der Waals surface area contributed by atoms with E-state index in [-0.39, 0.29) is 0 Å². The monoisotopic (exact) mass is 170 g/mol. The summed E-state index contributed by atoms with van der Waals surface area (Å²) in [5, 5.41) is 0. The zero-order valence-electron chi connectivity index (χ0n) is 7.69. The van der Waals surface area contributed by atoms with Crippen LogP contribution in [-0.2, 0) is 0 Å². The molecule has 1 aromatic rings. The van der Waals surface area contributed by atoms with E-state index in [4.69, 9.17) is 0 Å². The van der Waals surface area contributed by atoms with Gasteiger partial charge in [0.15, 0.2) is 0 Å². The molecule has 0 amide bonds. The quantitative estimate of drug-likeness (QED) is 0.603. The minimum atomic E-state index is 0.608. The Labute approximate surface area is 79.6 Å². The van der Waals surface area contributed by atoms with Crippen LogP contribution >= 0.6 is 0 Å². The maximum Gasteiger partial charge on any atom is 0.00240 e. The van der Waals surface area contributed by atoms with Gasteiger partial charge in [-0.05, 0) is 18.4 Å². The molecular formula is C13H14. The second-order valence-electron chi connectivity index (χ2n) is 3.41. The Kier molecular flexibility index (Phi) is 2.61. The van der Waals surface area contributed by atoms with Crippen molar-refractivity contribution >= 4 is 0 Å². The largest absolute Gasteiger partial charge is 0.0845 e. The maximum atomic E-state index is 2.29. The van der Waals surface area contributed by atoms with E-state index >= 15 is 0 Å². The molecular weight excluding hydrogens is 156 g/mol. The van der Waals surface area contributed by atoms with E-state index in [1.165, 1.54) is 18.4 Å². The molecule has 0 bridgehead atoms. The molecule has 2 rings (SSSR count). The third-order valence-corrected chi connectivity index (χ3v) is 2.46. The molecule has 0 heterocycles. The predicted molar refractivity (Wildman–Crippen MR) is 56.7 cm³/mol. The van der Waals surface area contributed by atoms with Crippen LogP contribution in [0.15, 0.2) is 54.6 Å². The van der Waals surface area contributed by atoms with Gasteiger partial charge in [-0.15, -0.1) is 0 Å². The van der Waals surface area contributed by atoms with Crippen LogP contribution in [0.4, 0.5) is 0 Å². The summed E-state index contributed by atoms with van der Waals surface area (Å²) in [5.74, 6) is 0.608. The van der Waals surface area contributed by atoms with Crippen molar-refractivity contribution in [2.24, 2.45) is 0 Å². The molecule has 1 aliphatic rings. The molecule has 0 saturated heterocycles. The molecule has 66 valence electrons. The fraction of sp³-hybridized carbons (Fsp3) is 0.231. The Morgan fingerprint density at radius 3 is 2.69 bits per heavy atom. The summed E-state index contributed by atoms with van der Waals surface area (Å²) in [4.78, 5) is 0. The molecule has 0 heteroatoms. The first-order valence-electron chi connectivity index (χ1n) is 4.85.